The van der Waals surface area contributed by atoms with E-state index in [0.717, 1.165) is 0 Å². The number of hydrogen-bond donors (Lipinski definition) is 1. The lowest BCUT2D eigenvalue weighted by atomic mass is 10.3. The zero-order valence-electron chi connectivity index (χ0n) is 8.64. The number of benzene rings is 1. The van der Waals surface area contributed by atoms with E-state index in [-0.39, 0.29) is 4.90 Å². The van der Waals surface area contributed by atoms with Crippen LogP contribution in [0.2, 0.25) is 0 Å². The quantitative estimate of drug-likeness (QED) is 0.925. The monoisotopic (exact) mass is 302 g/mol. The Bertz CT molecular complexity index is 508. The number of nitrogens with one attached hydrogen (secondary N) is 1. The summed E-state index contributed by atoms with van der Waals surface area (Å²) in [5, 5.41) is 8.70. The van der Waals surface area contributed by atoms with Gasteiger partial charge in [0.05, 0.1) is 11.0 Å². The van der Waals surface area contributed by atoms with Crippen molar-refractivity contribution in [3.63, 3.8) is 0 Å². The molecule has 0 saturated heterocycles. The highest BCUT2D eigenvalue weighted by molar-refractivity contribution is 9.10. The summed E-state index contributed by atoms with van der Waals surface area (Å²) in [5.74, 6) is 0. The standard InChI is InChI=1S/C10H11BrN2O2S/c1-2-9(7-12)13-16(14,15)10-5-3-4-8(11)6-10/h3-6,9,13H,2H2,1H3. The van der Waals surface area contributed by atoms with Crippen molar-refractivity contribution in [2.24, 2.45) is 0 Å². The van der Waals surface area contributed by atoms with Gasteiger partial charge < -0.3 is 0 Å². The van der Waals surface area contributed by atoms with E-state index in [1.807, 2.05) is 6.07 Å². The minimum atomic E-state index is -3.61. The van der Waals surface area contributed by atoms with Crippen molar-refractivity contribution in [2.75, 3.05) is 0 Å². The lowest BCUT2D eigenvalue weighted by Gasteiger charge is -2.10. The maximum absolute atomic E-state index is 11.8. The van der Waals surface area contributed by atoms with Gasteiger partial charge in [0.2, 0.25) is 10.0 Å². The molecule has 0 saturated carbocycles. The van der Waals surface area contributed by atoms with Crippen LogP contribution in [0.1, 0.15) is 13.3 Å². The molecular weight excluding hydrogens is 292 g/mol. The lowest BCUT2D eigenvalue weighted by molar-refractivity contribution is 0.569. The van der Waals surface area contributed by atoms with Gasteiger partial charge in [-0.05, 0) is 24.6 Å². The van der Waals surface area contributed by atoms with Gasteiger partial charge in [-0.2, -0.15) is 9.98 Å². The number of rotatable bonds is 4. The zero-order valence-corrected chi connectivity index (χ0v) is 11.0. The molecular formula is C10H11BrN2O2S. The van der Waals surface area contributed by atoms with Crippen molar-refractivity contribution in [2.45, 2.75) is 24.3 Å². The van der Waals surface area contributed by atoms with Crippen molar-refractivity contribution in [1.82, 2.24) is 4.72 Å². The predicted octanol–water partition coefficient (Wildman–Crippen LogP) is 2.03. The highest BCUT2D eigenvalue weighted by Gasteiger charge is 2.18. The van der Waals surface area contributed by atoms with E-state index in [1.165, 1.54) is 12.1 Å². The number of nitrogens with zero attached hydrogens (tertiary/aromatic N) is 1. The van der Waals surface area contributed by atoms with E-state index in [1.54, 1.807) is 19.1 Å². The summed E-state index contributed by atoms with van der Waals surface area (Å²) in [6, 6.07) is 7.54. The van der Waals surface area contributed by atoms with Gasteiger partial charge in [0.1, 0.15) is 6.04 Å². The molecule has 0 bridgehead atoms. The van der Waals surface area contributed by atoms with Crippen molar-refractivity contribution < 1.29 is 8.42 Å². The first-order valence-electron chi connectivity index (χ1n) is 4.67. The minimum Gasteiger partial charge on any atom is -0.207 e. The van der Waals surface area contributed by atoms with Crippen LogP contribution in [0, 0.1) is 11.3 Å². The summed E-state index contributed by atoms with van der Waals surface area (Å²) in [6.45, 7) is 1.75. The first-order chi connectivity index (χ1) is 7.49. The van der Waals surface area contributed by atoms with E-state index in [9.17, 15) is 8.42 Å². The number of sulfonamides is 1. The van der Waals surface area contributed by atoms with Crippen LogP contribution in [0.5, 0.6) is 0 Å². The Kier molecular flexibility index (Phi) is 4.47. The van der Waals surface area contributed by atoms with Gasteiger partial charge >= 0.3 is 0 Å². The van der Waals surface area contributed by atoms with Crippen LogP contribution in [-0.4, -0.2) is 14.5 Å². The molecule has 1 aromatic rings. The van der Waals surface area contributed by atoms with Crippen molar-refractivity contribution in [3.05, 3.63) is 28.7 Å². The van der Waals surface area contributed by atoms with E-state index in [0.29, 0.717) is 10.9 Å². The van der Waals surface area contributed by atoms with Gasteiger partial charge in [0, 0.05) is 4.47 Å². The Labute approximate surface area is 103 Å². The van der Waals surface area contributed by atoms with Gasteiger partial charge in [0.25, 0.3) is 0 Å². The summed E-state index contributed by atoms with van der Waals surface area (Å²) in [4.78, 5) is 0.149. The van der Waals surface area contributed by atoms with E-state index in [2.05, 4.69) is 20.7 Å². The number of nitriles is 1. The Balaban J connectivity index is 3.00. The first kappa shape index (κ1) is 13.2. The molecule has 4 nitrogen and oxygen atoms in total. The fourth-order valence-corrected chi connectivity index (χ4v) is 2.91. The van der Waals surface area contributed by atoms with E-state index >= 15 is 0 Å². The van der Waals surface area contributed by atoms with Gasteiger partial charge in [-0.1, -0.05) is 28.9 Å². The molecule has 0 aliphatic heterocycles. The fraction of sp³-hybridized carbons (Fsp3) is 0.300. The molecule has 1 N–H and O–H groups in total. The molecule has 1 aromatic carbocycles. The van der Waals surface area contributed by atoms with Crippen LogP contribution in [-0.2, 0) is 10.0 Å². The summed E-state index contributed by atoms with van der Waals surface area (Å²) in [7, 11) is -3.61. The highest BCUT2D eigenvalue weighted by atomic mass is 79.9. The van der Waals surface area contributed by atoms with E-state index in [4.69, 9.17) is 5.26 Å². The van der Waals surface area contributed by atoms with Gasteiger partial charge in [-0.15, -0.1) is 0 Å². The van der Waals surface area contributed by atoms with Crippen LogP contribution in [0.4, 0.5) is 0 Å². The van der Waals surface area contributed by atoms with Crippen molar-refractivity contribution >= 4 is 26.0 Å². The minimum absolute atomic E-state index is 0.149. The second-order valence-electron chi connectivity index (χ2n) is 3.17. The number of halogens is 1. The molecule has 6 heteroatoms. The molecule has 0 radical (unpaired) electrons. The molecule has 0 aliphatic rings. The maximum atomic E-state index is 11.8. The predicted molar refractivity (Wildman–Crippen MR) is 64.2 cm³/mol. The average Bonchev–Trinajstić information content (AvgIpc) is 2.26. The number of hydrogen-bond acceptors (Lipinski definition) is 3. The fourth-order valence-electron chi connectivity index (χ4n) is 1.09. The average molecular weight is 303 g/mol. The summed E-state index contributed by atoms with van der Waals surface area (Å²) in [6.07, 6.45) is 0.434. The molecule has 0 amide bonds. The second-order valence-corrected chi connectivity index (χ2v) is 5.80. The molecule has 16 heavy (non-hydrogen) atoms. The molecule has 0 heterocycles. The van der Waals surface area contributed by atoms with Crippen molar-refractivity contribution in [1.29, 1.82) is 5.26 Å². The third kappa shape index (κ3) is 3.30. The van der Waals surface area contributed by atoms with Crippen LogP contribution < -0.4 is 4.72 Å². The normalized spacial score (nSPS) is 13.1. The van der Waals surface area contributed by atoms with Gasteiger partial charge in [-0.3, -0.25) is 0 Å². The third-order valence-electron chi connectivity index (χ3n) is 1.97. The molecule has 1 unspecified atom stereocenters. The smallest absolute Gasteiger partial charge is 0.207 e. The third-order valence-corrected chi connectivity index (χ3v) is 3.93. The molecule has 0 spiro atoms. The van der Waals surface area contributed by atoms with Crippen LogP contribution in [0.15, 0.2) is 33.6 Å². The highest BCUT2D eigenvalue weighted by Crippen LogP contribution is 2.16. The topological polar surface area (TPSA) is 70.0 Å². The van der Waals surface area contributed by atoms with Crippen LogP contribution in [0.3, 0.4) is 0 Å². The first-order valence-corrected chi connectivity index (χ1v) is 6.94. The van der Waals surface area contributed by atoms with Crippen molar-refractivity contribution in [3.8, 4) is 6.07 Å². The Hall–Kier alpha value is -0.900. The van der Waals surface area contributed by atoms with Gasteiger partial charge in [0.15, 0.2) is 0 Å². The van der Waals surface area contributed by atoms with Crippen LogP contribution >= 0.6 is 15.9 Å². The SMILES string of the molecule is CCC(C#N)NS(=O)(=O)c1cccc(Br)c1. The second kappa shape index (κ2) is 5.43. The zero-order chi connectivity index (χ0) is 12.2. The van der Waals surface area contributed by atoms with Gasteiger partial charge in [-0.25, -0.2) is 8.42 Å². The molecule has 1 atom stereocenters. The Morgan fingerprint density at radius 3 is 2.75 bits per heavy atom. The molecule has 0 aromatic heterocycles. The molecule has 0 fully saturated rings. The van der Waals surface area contributed by atoms with E-state index < -0.39 is 16.1 Å². The Morgan fingerprint density at radius 1 is 1.56 bits per heavy atom. The molecule has 1 rings (SSSR count). The summed E-state index contributed by atoms with van der Waals surface area (Å²) < 4.78 is 26.7. The summed E-state index contributed by atoms with van der Waals surface area (Å²) >= 11 is 3.20. The van der Waals surface area contributed by atoms with Crippen LogP contribution in [0.25, 0.3) is 0 Å². The maximum Gasteiger partial charge on any atom is 0.241 e. The molecule has 86 valence electrons. The summed E-state index contributed by atoms with van der Waals surface area (Å²) in [5.41, 5.74) is 0. The largest absolute Gasteiger partial charge is 0.241 e. The molecule has 0 aliphatic carbocycles. The Morgan fingerprint density at radius 2 is 2.25 bits per heavy atom. The lowest BCUT2D eigenvalue weighted by Crippen LogP contribution is -2.33.